The Morgan fingerprint density at radius 3 is 2.48 bits per heavy atom. The van der Waals surface area contributed by atoms with Gasteiger partial charge in [0, 0.05) is 22.3 Å². The predicted octanol–water partition coefficient (Wildman–Crippen LogP) is 5.58. The summed E-state index contributed by atoms with van der Waals surface area (Å²) >= 11 is 1.43. The number of carbonyl (C=O) groups excluding carboxylic acids is 2. The fourth-order valence-corrected chi connectivity index (χ4v) is 4.62. The normalized spacial score (nSPS) is 11.1. The molecule has 0 atom stereocenters. The van der Waals surface area contributed by atoms with Gasteiger partial charge in [-0.25, -0.2) is 4.79 Å². The molecule has 0 unspecified atom stereocenters. The van der Waals surface area contributed by atoms with Crippen molar-refractivity contribution in [1.82, 2.24) is 4.57 Å². The van der Waals surface area contributed by atoms with Gasteiger partial charge in [0.05, 0.1) is 12.2 Å². The number of rotatable bonds is 7. The molecule has 0 aliphatic carbocycles. The molecule has 0 saturated carbocycles. The first kappa shape index (κ1) is 21.1. The zero-order valence-electron chi connectivity index (χ0n) is 17.7. The van der Waals surface area contributed by atoms with Crippen molar-refractivity contribution in [2.75, 3.05) is 11.9 Å². The highest BCUT2D eigenvalue weighted by atomic mass is 32.1. The van der Waals surface area contributed by atoms with E-state index in [-0.39, 0.29) is 5.91 Å². The van der Waals surface area contributed by atoms with Gasteiger partial charge in [-0.2, -0.15) is 0 Å². The van der Waals surface area contributed by atoms with Crippen LogP contribution in [0.25, 0.3) is 10.9 Å². The number of nitrogens with one attached hydrogen (secondary N) is 1. The number of nitrogens with zero attached hydrogens (tertiary/aromatic N) is 1. The molecular weight excluding hydrogens is 384 g/mol. The van der Waals surface area contributed by atoms with Crippen LogP contribution in [-0.2, 0) is 24.1 Å². The van der Waals surface area contributed by atoms with E-state index >= 15 is 0 Å². The van der Waals surface area contributed by atoms with Crippen LogP contribution >= 0.6 is 11.3 Å². The number of carbonyl (C=O) groups is 2. The minimum absolute atomic E-state index is 0.200. The third-order valence-corrected chi connectivity index (χ3v) is 6.37. The molecule has 0 spiro atoms. The lowest BCUT2D eigenvalue weighted by Crippen LogP contribution is -2.19. The molecular formula is C23H28N2O3S. The lowest BCUT2D eigenvalue weighted by atomic mass is 10.1. The molecule has 29 heavy (non-hydrogen) atoms. The highest BCUT2D eigenvalue weighted by Crippen LogP contribution is 2.32. The highest BCUT2D eigenvalue weighted by molar-refractivity contribution is 7.16. The number of hydrogen-bond acceptors (Lipinski definition) is 4. The number of aryl methyl sites for hydroxylation is 4. The van der Waals surface area contributed by atoms with Crippen molar-refractivity contribution in [3.05, 3.63) is 51.5 Å². The molecule has 3 rings (SSSR count). The summed E-state index contributed by atoms with van der Waals surface area (Å²) < 4.78 is 7.21. The van der Waals surface area contributed by atoms with Crippen LogP contribution in [0.5, 0.6) is 0 Å². The standard InChI is InChI=1S/C23H28N2O3S/c1-6-15-10-11-19-17(12-15)14(5)20(25(19)8-3)21(26)24-22-18(23(27)28-9-4)13-16(7-2)29-22/h10-13H,6-9H2,1-5H3,(H,24,26). The second-order valence-corrected chi connectivity index (χ2v) is 8.04. The number of aromatic nitrogens is 1. The van der Waals surface area contributed by atoms with Gasteiger partial charge in [0.2, 0.25) is 0 Å². The number of amides is 1. The monoisotopic (exact) mass is 412 g/mol. The largest absolute Gasteiger partial charge is 0.462 e. The molecule has 0 bridgehead atoms. The number of esters is 1. The summed E-state index contributed by atoms with van der Waals surface area (Å²) in [5, 5.41) is 4.63. The van der Waals surface area contributed by atoms with Gasteiger partial charge in [-0.1, -0.05) is 19.9 Å². The van der Waals surface area contributed by atoms with Crippen molar-refractivity contribution in [3.63, 3.8) is 0 Å². The van der Waals surface area contributed by atoms with Gasteiger partial charge in [0.25, 0.3) is 5.91 Å². The van der Waals surface area contributed by atoms with Crippen LogP contribution in [0.1, 0.15) is 64.5 Å². The molecule has 6 heteroatoms. The maximum atomic E-state index is 13.3. The topological polar surface area (TPSA) is 60.3 Å². The Morgan fingerprint density at radius 2 is 1.86 bits per heavy atom. The average molecular weight is 413 g/mol. The second kappa shape index (κ2) is 8.82. The Labute approximate surface area is 175 Å². The van der Waals surface area contributed by atoms with Crippen molar-refractivity contribution in [2.45, 2.75) is 54.0 Å². The van der Waals surface area contributed by atoms with Crippen LogP contribution in [0.2, 0.25) is 0 Å². The van der Waals surface area contributed by atoms with Crippen molar-refractivity contribution in [1.29, 1.82) is 0 Å². The minimum atomic E-state index is -0.404. The first-order valence-corrected chi connectivity index (χ1v) is 11.0. The molecule has 3 aromatic rings. The first-order valence-electron chi connectivity index (χ1n) is 10.2. The Hall–Kier alpha value is -2.60. The summed E-state index contributed by atoms with van der Waals surface area (Å²) in [6.07, 6.45) is 1.74. The van der Waals surface area contributed by atoms with Crippen LogP contribution in [0.4, 0.5) is 5.00 Å². The SMILES string of the molecule is CCOC(=O)c1cc(CC)sc1NC(=O)c1c(C)c2cc(CC)ccc2n1CC. The van der Waals surface area contributed by atoms with Crippen LogP contribution in [0.3, 0.4) is 0 Å². The van der Waals surface area contributed by atoms with Crippen molar-refractivity contribution in [2.24, 2.45) is 0 Å². The fraction of sp³-hybridized carbons (Fsp3) is 0.391. The number of anilines is 1. The molecule has 2 aromatic heterocycles. The van der Waals surface area contributed by atoms with Gasteiger partial charge in [-0.05, 0) is 62.9 Å². The zero-order valence-corrected chi connectivity index (χ0v) is 18.5. The Bertz CT molecular complexity index is 1060. The van der Waals surface area contributed by atoms with Crippen LogP contribution in [-0.4, -0.2) is 23.1 Å². The average Bonchev–Trinajstić information content (AvgIpc) is 3.26. The summed E-state index contributed by atoms with van der Waals surface area (Å²) in [6, 6.07) is 8.18. The third-order valence-electron chi connectivity index (χ3n) is 5.17. The van der Waals surface area contributed by atoms with E-state index in [4.69, 9.17) is 4.74 Å². The van der Waals surface area contributed by atoms with E-state index in [2.05, 4.69) is 30.4 Å². The molecule has 0 saturated heterocycles. The molecule has 2 heterocycles. The van der Waals surface area contributed by atoms with Crippen molar-refractivity contribution < 1.29 is 14.3 Å². The van der Waals surface area contributed by atoms with Gasteiger partial charge >= 0.3 is 5.97 Å². The van der Waals surface area contributed by atoms with E-state index in [0.717, 1.165) is 34.2 Å². The first-order chi connectivity index (χ1) is 13.9. The van der Waals surface area contributed by atoms with Crippen LogP contribution in [0, 0.1) is 6.92 Å². The molecule has 0 aliphatic rings. The lowest BCUT2D eigenvalue weighted by Gasteiger charge is -2.10. The van der Waals surface area contributed by atoms with E-state index in [9.17, 15) is 9.59 Å². The summed E-state index contributed by atoms with van der Waals surface area (Å²) in [5.41, 5.74) is 4.32. The zero-order chi connectivity index (χ0) is 21.1. The summed E-state index contributed by atoms with van der Waals surface area (Å²) in [7, 11) is 0. The molecule has 0 fully saturated rings. The Morgan fingerprint density at radius 1 is 1.10 bits per heavy atom. The second-order valence-electron chi connectivity index (χ2n) is 6.91. The van der Waals surface area contributed by atoms with Crippen molar-refractivity contribution >= 4 is 39.1 Å². The number of ether oxygens (including phenoxy) is 1. The van der Waals surface area contributed by atoms with E-state index in [1.165, 1.54) is 16.9 Å². The number of benzene rings is 1. The highest BCUT2D eigenvalue weighted by Gasteiger charge is 2.23. The molecule has 154 valence electrons. The van der Waals surface area contributed by atoms with Crippen LogP contribution in [0.15, 0.2) is 24.3 Å². The molecule has 0 radical (unpaired) electrons. The smallest absolute Gasteiger partial charge is 0.341 e. The summed E-state index contributed by atoms with van der Waals surface area (Å²) in [6.45, 7) is 10.9. The predicted molar refractivity (Wildman–Crippen MR) is 119 cm³/mol. The van der Waals surface area contributed by atoms with Gasteiger partial charge < -0.3 is 14.6 Å². The van der Waals surface area contributed by atoms with Crippen molar-refractivity contribution in [3.8, 4) is 0 Å². The minimum Gasteiger partial charge on any atom is -0.462 e. The summed E-state index contributed by atoms with van der Waals surface area (Å²) in [4.78, 5) is 26.7. The van der Waals surface area contributed by atoms with Gasteiger partial charge in [0.1, 0.15) is 10.7 Å². The van der Waals surface area contributed by atoms with Gasteiger partial charge in [0.15, 0.2) is 0 Å². The molecule has 0 aliphatic heterocycles. The van der Waals surface area contributed by atoms with E-state index in [1.54, 1.807) is 6.92 Å². The van der Waals surface area contributed by atoms with E-state index in [1.807, 2.05) is 31.4 Å². The maximum Gasteiger partial charge on any atom is 0.341 e. The number of fused-ring (bicyclic) bond motifs is 1. The molecule has 1 amide bonds. The Kier molecular flexibility index (Phi) is 6.42. The molecule has 1 N–H and O–H groups in total. The van der Waals surface area contributed by atoms with E-state index < -0.39 is 5.97 Å². The summed E-state index contributed by atoms with van der Waals surface area (Å²) in [5.74, 6) is -0.604. The molecule has 1 aromatic carbocycles. The Balaban J connectivity index is 2.04. The number of thiophene rings is 1. The quantitative estimate of drug-likeness (QED) is 0.515. The van der Waals surface area contributed by atoms with Crippen LogP contribution < -0.4 is 5.32 Å². The number of hydrogen-bond donors (Lipinski definition) is 1. The van der Waals surface area contributed by atoms with Gasteiger partial charge in [-0.3, -0.25) is 4.79 Å². The maximum absolute atomic E-state index is 13.3. The molecule has 5 nitrogen and oxygen atoms in total. The van der Waals surface area contributed by atoms with E-state index in [0.29, 0.717) is 29.4 Å². The van der Waals surface area contributed by atoms with Gasteiger partial charge in [-0.15, -0.1) is 11.3 Å². The third kappa shape index (κ3) is 3.94. The lowest BCUT2D eigenvalue weighted by molar-refractivity contribution is 0.0528. The fourth-order valence-electron chi connectivity index (χ4n) is 3.64.